The van der Waals surface area contributed by atoms with Gasteiger partial charge >= 0.3 is 0 Å². The summed E-state index contributed by atoms with van der Waals surface area (Å²) in [6.07, 6.45) is -1.10. The molecule has 3 aromatic heterocycles. The molecule has 0 fully saturated rings. The Morgan fingerprint density at radius 2 is 2.16 bits per heavy atom. The molecule has 0 saturated carbocycles. The van der Waals surface area contributed by atoms with Crippen LogP contribution in [0.4, 0.5) is 8.78 Å². The maximum absolute atomic E-state index is 13.2. The largest absolute Gasteiger partial charge is 0.463 e. The molecule has 0 radical (unpaired) electrons. The van der Waals surface area contributed by atoms with Gasteiger partial charge in [-0.25, -0.2) is 13.8 Å². The van der Waals surface area contributed by atoms with Crippen molar-refractivity contribution in [3.63, 3.8) is 0 Å². The van der Waals surface area contributed by atoms with E-state index in [9.17, 15) is 8.78 Å². The topological polar surface area (TPSA) is 43.9 Å². The Labute approximate surface area is 107 Å². The third-order valence-corrected chi connectivity index (χ3v) is 3.01. The van der Waals surface area contributed by atoms with Crippen molar-refractivity contribution in [2.75, 3.05) is 0 Å². The molecular weight excluding hydrogens is 252 g/mol. The zero-order chi connectivity index (χ0) is 13.6. The molecule has 0 N–H and O–H groups in total. The van der Waals surface area contributed by atoms with Gasteiger partial charge in [-0.15, -0.1) is 0 Å². The summed E-state index contributed by atoms with van der Waals surface area (Å²) in [6.45, 7) is 1.70. The van der Waals surface area contributed by atoms with Crippen LogP contribution in [0.25, 0.3) is 22.5 Å². The maximum Gasteiger partial charge on any atom is 0.264 e. The Hall–Kier alpha value is -2.24. The quantitative estimate of drug-likeness (QED) is 0.711. The minimum absolute atomic E-state index is 0.0676. The van der Waals surface area contributed by atoms with Gasteiger partial charge in [-0.2, -0.15) is 5.10 Å². The van der Waals surface area contributed by atoms with Crippen molar-refractivity contribution < 1.29 is 13.2 Å². The first-order valence-corrected chi connectivity index (χ1v) is 5.74. The summed E-state index contributed by atoms with van der Waals surface area (Å²) < 4.78 is 33.1. The zero-order valence-electron chi connectivity index (χ0n) is 10.4. The predicted molar refractivity (Wildman–Crippen MR) is 65.9 cm³/mol. The zero-order valence-corrected chi connectivity index (χ0v) is 10.4. The second-order valence-electron chi connectivity index (χ2n) is 4.28. The van der Waals surface area contributed by atoms with Gasteiger partial charge in [0.1, 0.15) is 5.69 Å². The first kappa shape index (κ1) is 11.8. The molecule has 3 aromatic rings. The lowest BCUT2D eigenvalue weighted by atomic mass is 10.1. The second kappa shape index (κ2) is 4.15. The van der Waals surface area contributed by atoms with E-state index >= 15 is 0 Å². The standard InChI is InChI=1S/C13H11F2N3O/c1-7-11-8(12(14)15)6-9(10-4-3-5-19-10)16-13(11)18(2)17-7/h3-6,12H,1-2H3. The monoisotopic (exact) mass is 263 g/mol. The first-order chi connectivity index (χ1) is 9.08. The van der Waals surface area contributed by atoms with Crippen LogP contribution < -0.4 is 0 Å². The molecule has 0 aliphatic carbocycles. The molecular formula is C13H11F2N3O. The van der Waals surface area contributed by atoms with Crippen molar-refractivity contribution in [3.05, 3.63) is 35.7 Å². The molecule has 0 aromatic carbocycles. The number of aryl methyl sites for hydroxylation is 2. The summed E-state index contributed by atoms with van der Waals surface area (Å²) in [4.78, 5) is 4.35. The number of halogens is 2. The second-order valence-corrected chi connectivity index (χ2v) is 4.28. The maximum atomic E-state index is 13.2. The van der Waals surface area contributed by atoms with Gasteiger partial charge in [0.05, 0.1) is 17.3 Å². The van der Waals surface area contributed by atoms with Crippen molar-refractivity contribution in [1.29, 1.82) is 0 Å². The van der Waals surface area contributed by atoms with E-state index in [0.717, 1.165) is 0 Å². The van der Waals surface area contributed by atoms with Gasteiger partial charge in [0.25, 0.3) is 6.43 Å². The molecule has 19 heavy (non-hydrogen) atoms. The fraction of sp³-hybridized carbons (Fsp3) is 0.231. The average Bonchev–Trinajstić information content (AvgIpc) is 2.98. The Kier molecular flexibility index (Phi) is 2.58. The van der Waals surface area contributed by atoms with Gasteiger partial charge in [0.15, 0.2) is 11.4 Å². The van der Waals surface area contributed by atoms with E-state index < -0.39 is 6.43 Å². The molecule has 0 atom stereocenters. The molecule has 0 aliphatic rings. The highest BCUT2D eigenvalue weighted by Gasteiger charge is 2.20. The van der Waals surface area contributed by atoms with Crippen molar-refractivity contribution >= 4 is 11.0 Å². The van der Waals surface area contributed by atoms with Crippen LogP contribution in [0.3, 0.4) is 0 Å². The normalized spacial score (nSPS) is 11.6. The highest BCUT2D eigenvalue weighted by atomic mass is 19.3. The highest BCUT2D eigenvalue weighted by molar-refractivity contribution is 5.84. The smallest absolute Gasteiger partial charge is 0.264 e. The molecule has 0 unspecified atom stereocenters. The molecule has 4 nitrogen and oxygen atoms in total. The number of hydrogen-bond donors (Lipinski definition) is 0. The summed E-state index contributed by atoms with van der Waals surface area (Å²) in [5.41, 5.74) is 1.30. The van der Waals surface area contributed by atoms with Gasteiger partial charge in [-0.3, -0.25) is 4.68 Å². The van der Waals surface area contributed by atoms with E-state index in [2.05, 4.69) is 10.1 Å². The Balaban J connectivity index is 2.36. The van der Waals surface area contributed by atoms with E-state index in [-0.39, 0.29) is 5.56 Å². The lowest BCUT2D eigenvalue weighted by Crippen LogP contribution is -1.96. The Morgan fingerprint density at radius 3 is 2.79 bits per heavy atom. The van der Waals surface area contributed by atoms with Crippen LogP contribution in [-0.4, -0.2) is 14.8 Å². The van der Waals surface area contributed by atoms with Crippen LogP contribution in [0, 0.1) is 6.92 Å². The van der Waals surface area contributed by atoms with Crippen LogP contribution in [0.15, 0.2) is 28.9 Å². The summed E-state index contributed by atoms with van der Waals surface area (Å²) in [7, 11) is 1.68. The number of pyridine rings is 1. The third kappa shape index (κ3) is 1.80. The molecule has 98 valence electrons. The fourth-order valence-corrected chi connectivity index (χ4v) is 2.20. The summed E-state index contributed by atoms with van der Waals surface area (Å²) in [5, 5.41) is 4.56. The van der Waals surface area contributed by atoms with Gasteiger partial charge < -0.3 is 4.42 Å². The first-order valence-electron chi connectivity index (χ1n) is 5.74. The number of aromatic nitrogens is 3. The van der Waals surface area contributed by atoms with Crippen LogP contribution in [0.2, 0.25) is 0 Å². The van der Waals surface area contributed by atoms with Crippen LogP contribution in [-0.2, 0) is 7.05 Å². The van der Waals surface area contributed by atoms with E-state index in [1.54, 1.807) is 26.1 Å². The lowest BCUT2D eigenvalue weighted by Gasteiger charge is -2.05. The minimum Gasteiger partial charge on any atom is -0.463 e. The van der Waals surface area contributed by atoms with Gasteiger partial charge in [-0.05, 0) is 25.1 Å². The fourth-order valence-electron chi connectivity index (χ4n) is 2.20. The van der Waals surface area contributed by atoms with Crippen LogP contribution in [0.5, 0.6) is 0 Å². The van der Waals surface area contributed by atoms with Crippen LogP contribution in [0.1, 0.15) is 17.7 Å². The Bertz CT molecular complexity index is 732. The molecule has 0 saturated heterocycles. The molecule has 0 amide bonds. The number of nitrogens with zero attached hydrogens (tertiary/aromatic N) is 3. The van der Waals surface area contributed by atoms with Crippen molar-refractivity contribution in [1.82, 2.24) is 14.8 Å². The number of furan rings is 1. The summed E-state index contributed by atoms with van der Waals surface area (Å²) in [6, 6.07) is 4.74. The van der Waals surface area contributed by atoms with Gasteiger partial charge in [-0.1, -0.05) is 0 Å². The van der Waals surface area contributed by atoms with E-state index in [4.69, 9.17) is 4.42 Å². The summed E-state index contributed by atoms with van der Waals surface area (Å²) >= 11 is 0. The van der Waals surface area contributed by atoms with E-state index in [1.807, 2.05) is 0 Å². The molecule has 6 heteroatoms. The number of fused-ring (bicyclic) bond motifs is 1. The van der Waals surface area contributed by atoms with Gasteiger partial charge in [0, 0.05) is 12.6 Å². The molecule has 3 rings (SSSR count). The Morgan fingerprint density at radius 1 is 1.37 bits per heavy atom. The van der Waals surface area contributed by atoms with E-state index in [0.29, 0.717) is 28.2 Å². The lowest BCUT2D eigenvalue weighted by molar-refractivity contribution is 0.153. The molecule has 3 heterocycles. The van der Waals surface area contributed by atoms with Crippen molar-refractivity contribution in [2.45, 2.75) is 13.3 Å². The van der Waals surface area contributed by atoms with Crippen molar-refractivity contribution in [2.24, 2.45) is 7.05 Å². The minimum atomic E-state index is -2.58. The third-order valence-electron chi connectivity index (χ3n) is 3.01. The summed E-state index contributed by atoms with van der Waals surface area (Å²) in [5.74, 6) is 0.461. The molecule has 0 bridgehead atoms. The number of hydrogen-bond acceptors (Lipinski definition) is 3. The SMILES string of the molecule is Cc1nn(C)c2nc(-c3ccco3)cc(C(F)F)c12. The predicted octanol–water partition coefficient (Wildman–Crippen LogP) is 3.47. The van der Waals surface area contributed by atoms with Crippen molar-refractivity contribution in [3.8, 4) is 11.5 Å². The van der Waals surface area contributed by atoms with E-state index in [1.165, 1.54) is 17.0 Å². The van der Waals surface area contributed by atoms with Gasteiger partial charge in [0.2, 0.25) is 0 Å². The van der Waals surface area contributed by atoms with Crippen LogP contribution >= 0.6 is 0 Å². The molecule has 0 aliphatic heterocycles. The average molecular weight is 263 g/mol. The number of alkyl halides is 2. The highest BCUT2D eigenvalue weighted by Crippen LogP contribution is 2.32. The molecule has 0 spiro atoms. The number of rotatable bonds is 2.